The fourth-order valence-electron chi connectivity index (χ4n) is 2.79. The lowest BCUT2D eigenvalue weighted by molar-refractivity contribution is -0.123. The summed E-state index contributed by atoms with van der Waals surface area (Å²) in [7, 11) is 0.0706. The van der Waals surface area contributed by atoms with E-state index in [-0.39, 0.29) is 24.1 Å². The van der Waals surface area contributed by atoms with E-state index in [4.69, 9.17) is 4.74 Å². The Morgan fingerprint density at radius 2 is 2.00 bits per heavy atom. The highest BCUT2D eigenvalue weighted by Crippen LogP contribution is 2.24. The molecule has 1 atom stereocenters. The number of carbonyl (C=O) groups is 1. The molecule has 1 heterocycles. The van der Waals surface area contributed by atoms with E-state index in [1.165, 1.54) is 4.31 Å². The van der Waals surface area contributed by atoms with Crippen LogP contribution in [0.1, 0.15) is 19.8 Å². The Labute approximate surface area is 138 Å². The van der Waals surface area contributed by atoms with Crippen LogP contribution >= 0.6 is 0 Å². The largest absolute Gasteiger partial charge is 0.497 e. The second-order valence-electron chi connectivity index (χ2n) is 5.69. The monoisotopic (exact) mass is 340 g/mol. The van der Waals surface area contributed by atoms with E-state index < -0.39 is 10.0 Å². The van der Waals surface area contributed by atoms with Gasteiger partial charge < -0.3 is 9.64 Å². The van der Waals surface area contributed by atoms with Gasteiger partial charge in [0, 0.05) is 25.8 Å². The van der Waals surface area contributed by atoms with Gasteiger partial charge in [0.25, 0.3) is 0 Å². The highest BCUT2D eigenvalue weighted by molar-refractivity contribution is 7.89. The zero-order valence-electron chi connectivity index (χ0n) is 13.9. The van der Waals surface area contributed by atoms with Crippen molar-refractivity contribution >= 4 is 21.6 Å². The van der Waals surface area contributed by atoms with E-state index in [1.807, 2.05) is 12.1 Å². The summed E-state index contributed by atoms with van der Waals surface area (Å²) in [6, 6.07) is 7.24. The van der Waals surface area contributed by atoms with Crippen molar-refractivity contribution < 1.29 is 17.9 Å². The molecular formula is C16H24N2O4S. The van der Waals surface area contributed by atoms with E-state index in [1.54, 1.807) is 38.1 Å². The molecule has 1 aliphatic rings. The van der Waals surface area contributed by atoms with Gasteiger partial charge >= 0.3 is 0 Å². The summed E-state index contributed by atoms with van der Waals surface area (Å²) in [4.78, 5) is 14.3. The van der Waals surface area contributed by atoms with Gasteiger partial charge in [-0.15, -0.1) is 0 Å². The third-order valence-electron chi connectivity index (χ3n) is 4.28. The van der Waals surface area contributed by atoms with Crippen LogP contribution in [0.25, 0.3) is 0 Å². The zero-order valence-corrected chi connectivity index (χ0v) is 14.7. The number of hydrogen-bond acceptors (Lipinski definition) is 4. The SMILES string of the molecule is CCS(=O)(=O)N1CCCC(C(=O)N(C)c2ccc(OC)cc2)C1. The maximum Gasteiger partial charge on any atom is 0.231 e. The molecule has 0 N–H and O–H groups in total. The Bertz CT molecular complexity index is 643. The summed E-state index contributed by atoms with van der Waals surface area (Å²) in [6.45, 7) is 2.41. The van der Waals surface area contributed by atoms with E-state index in [9.17, 15) is 13.2 Å². The smallest absolute Gasteiger partial charge is 0.231 e. The normalized spacial score (nSPS) is 19.3. The molecule has 0 bridgehead atoms. The molecule has 1 aromatic rings. The fourth-order valence-corrected chi connectivity index (χ4v) is 3.97. The maximum atomic E-state index is 12.7. The molecule has 1 unspecified atom stereocenters. The van der Waals surface area contributed by atoms with E-state index in [0.29, 0.717) is 13.0 Å². The first-order valence-electron chi connectivity index (χ1n) is 7.78. The van der Waals surface area contributed by atoms with Crippen molar-refractivity contribution in [2.45, 2.75) is 19.8 Å². The molecule has 1 aromatic carbocycles. The number of anilines is 1. The minimum atomic E-state index is -3.24. The number of piperidine rings is 1. The lowest BCUT2D eigenvalue weighted by Crippen LogP contribution is -2.46. The Balaban J connectivity index is 2.09. The van der Waals surface area contributed by atoms with E-state index in [2.05, 4.69) is 0 Å². The van der Waals surface area contributed by atoms with Crippen molar-refractivity contribution in [3.8, 4) is 5.75 Å². The Morgan fingerprint density at radius 1 is 1.35 bits per heavy atom. The Morgan fingerprint density at radius 3 is 2.57 bits per heavy atom. The highest BCUT2D eigenvalue weighted by Gasteiger charge is 2.33. The number of sulfonamides is 1. The quantitative estimate of drug-likeness (QED) is 0.818. The van der Waals surface area contributed by atoms with Crippen LogP contribution in [-0.4, -0.2) is 51.6 Å². The van der Waals surface area contributed by atoms with Crippen LogP contribution in [0.15, 0.2) is 24.3 Å². The molecule has 1 saturated heterocycles. The Kier molecular flexibility index (Phi) is 5.64. The molecular weight excluding hydrogens is 316 g/mol. The molecule has 0 spiro atoms. The van der Waals surface area contributed by atoms with Gasteiger partial charge in [-0.2, -0.15) is 0 Å². The van der Waals surface area contributed by atoms with E-state index in [0.717, 1.165) is 17.9 Å². The van der Waals surface area contributed by atoms with E-state index >= 15 is 0 Å². The maximum absolute atomic E-state index is 12.7. The lowest BCUT2D eigenvalue weighted by Gasteiger charge is -2.33. The molecule has 1 aliphatic heterocycles. The van der Waals surface area contributed by atoms with Crippen molar-refractivity contribution in [3.63, 3.8) is 0 Å². The molecule has 128 valence electrons. The molecule has 6 nitrogen and oxygen atoms in total. The number of nitrogens with zero attached hydrogens (tertiary/aromatic N) is 2. The van der Waals surface area contributed by atoms with Gasteiger partial charge in [0.1, 0.15) is 5.75 Å². The van der Waals surface area contributed by atoms with Crippen LogP contribution in [-0.2, 0) is 14.8 Å². The molecule has 1 amide bonds. The third-order valence-corrected chi connectivity index (χ3v) is 6.13. The number of carbonyl (C=O) groups excluding carboxylic acids is 1. The zero-order chi connectivity index (χ0) is 17.0. The first-order chi connectivity index (χ1) is 10.9. The van der Waals surface area contributed by atoms with Crippen LogP contribution in [0.5, 0.6) is 5.75 Å². The van der Waals surface area contributed by atoms with Crippen LogP contribution in [0.4, 0.5) is 5.69 Å². The summed E-state index contributed by atoms with van der Waals surface area (Å²) in [5, 5.41) is 0. The van der Waals surface area contributed by atoms with Crippen molar-refractivity contribution in [3.05, 3.63) is 24.3 Å². The topological polar surface area (TPSA) is 66.9 Å². The molecule has 7 heteroatoms. The van der Waals surface area contributed by atoms with Crippen molar-refractivity contribution in [2.24, 2.45) is 5.92 Å². The van der Waals surface area contributed by atoms with Crippen LogP contribution < -0.4 is 9.64 Å². The second kappa shape index (κ2) is 7.31. The highest BCUT2D eigenvalue weighted by atomic mass is 32.2. The summed E-state index contributed by atoms with van der Waals surface area (Å²) in [5.74, 6) is 0.457. The molecule has 1 fully saturated rings. The predicted octanol–water partition coefficient (Wildman–Crippen LogP) is 1.72. The first-order valence-corrected chi connectivity index (χ1v) is 9.39. The Hall–Kier alpha value is -1.60. The molecule has 23 heavy (non-hydrogen) atoms. The average Bonchev–Trinajstić information content (AvgIpc) is 2.60. The lowest BCUT2D eigenvalue weighted by atomic mass is 9.98. The molecule has 0 radical (unpaired) electrons. The summed E-state index contributed by atoms with van der Waals surface area (Å²) >= 11 is 0. The van der Waals surface area contributed by atoms with Gasteiger partial charge in [-0.25, -0.2) is 12.7 Å². The summed E-state index contributed by atoms with van der Waals surface area (Å²) < 4.78 is 30.6. The predicted molar refractivity (Wildman–Crippen MR) is 90.2 cm³/mol. The second-order valence-corrected chi connectivity index (χ2v) is 7.95. The van der Waals surface area contributed by atoms with Crippen molar-refractivity contribution in [1.82, 2.24) is 4.31 Å². The van der Waals surface area contributed by atoms with Crippen LogP contribution in [0, 0.1) is 5.92 Å². The number of methoxy groups -OCH3 is 1. The van der Waals surface area contributed by atoms with Crippen LogP contribution in [0.3, 0.4) is 0 Å². The number of hydrogen-bond donors (Lipinski definition) is 0. The molecule has 0 aromatic heterocycles. The minimum absolute atomic E-state index is 0.0498. The molecule has 2 rings (SSSR count). The fraction of sp³-hybridized carbons (Fsp3) is 0.562. The van der Waals surface area contributed by atoms with Gasteiger partial charge in [0.2, 0.25) is 15.9 Å². The van der Waals surface area contributed by atoms with Gasteiger partial charge in [-0.1, -0.05) is 0 Å². The minimum Gasteiger partial charge on any atom is -0.497 e. The first kappa shape index (κ1) is 17.7. The molecule has 0 aliphatic carbocycles. The summed E-state index contributed by atoms with van der Waals surface area (Å²) in [6.07, 6.45) is 1.43. The van der Waals surface area contributed by atoms with Crippen molar-refractivity contribution in [2.75, 3.05) is 37.9 Å². The molecule has 0 saturated carbocycles. The van der Waals surface area contributed by atoms with Gasteiger partial charge in [-0.3, -0.25) is 4.79 Å². The standard InChI is InChI=1S/C16H24N2O4S/c1-4-23(20,21)18-11-5-6-13(12-18)16(19)17(2)14-7-9-15(22-3)10-8-14/h7-10,13H,4-6,11-12H2,1-3H3. The van der Waals surface area contributed by atoms with Crippen molar-refractivity contribution in [1.29, 1.82) is 0 Å². The summed E-state index contributed by atoms with van der Waals surface area (Å²) in [5.41, 5.74) is 0.770. The van der Waals surface area contributed by atoms with Gasteiger partial charge in [0.05, 0.1) is 18.8 Å². The number of rotatable bonds is 5. The number of ether oxygens (including phenoxy) is 1. The van der Waals surface area contributed by atoms with Crippen LogP contribution in [0.2, 0.25) is 0 Å². The average molecular weight is 340 g/mol. The number of amides is 1. The third kappa shape index (κ3) is 4.03. The van der Waals surface area contributed by atoms with Gasteiger partial charge in [-0.05, 0) is 44.0 Å². The number of benzene rings is 1. The van der Waals surface area contributed by atoms with Gasteiger partial charge in [0.15, 0.2) is 0 Å².